The van der Waals surface area contributed by atoms with Crippen LogP contribution in [0.4, 0.5) is 0 Å². The maximum atomic E-state index is 5.49. The van der Waals surface area contributed by atoms with Crippen molar-refractivity contribution in [2.45, 2.75) is 25.4 Å². The van der Waals surface area contributed by atoms with Crippen LogP contribution in [0.5, 0.6) is 5.75 Å². The topological polar surface area (TPSA) is 60.2 Å². The van der Waals surface area contributed by atoms with Crippen LogP contribution in [-0.2, 0) is 19.4 Å². The van der Waals surface area contributed by atoms with Gasteiger partial charge in [-0.05, 0) is 35.2 Å². The summed E-state index contributed by atoms with van der Waals surface area (Å²) < 4.78 is 10.7. The molecule has 4 rings (SSSR count). The molecule has 1 N–H and O–H groups in total. The van der Waals surface area contributed by atoms with Crippen molar-refractivity contribution in [2.24, 2.45) is 0 Å². The summed E-state index contributed by atoms with van der Waals surface area (Å²) in [7, 11) is 1.66. The van der Waals surface area contributed by atoms with Crippen molar-refractivity contribution in [1.82, 2.24) is 15.5 Å². The Bertz CT molecular complexity index is 827. The Balaban J connectivity index is 1.47. The zero-order chi connectivity index (χ0) is 16.4. The summed E-state index contributed by atoms with van der Waals surface area (Å²) in [6.45, 7) is 0.830. The first-order chi connectivity index (χ1) is 11.8. The Morgan fingerprint density at radius 3 is 2.71 bits per heavy atom. The molecular weight excluding hydrogens is 302 g/mol. The van der Waals surface area contributed by atoms with Crippen molar-refractivity contribution >= 4 is 0 Å². The lowest BCUT2D eigenvalue weighted by atomic mass is 9.96. The van der Waals surface area contributed by atoms with E-state index in [0.717, 1.165) is 24.3 Å². The third-order valence-electron chi connectivity index (χ3n) is 4.38. The van der Waals surface area contributed by atoms with Crippen LogP contribution >= 0.6 is 0 Å². The molecule has 3 aromatic rings. The van der Waals surface area contributed by atoms with Gasteiger partial charge in [0.05, 0.1) is 13.2 Å². The van der Waals surface area contributed by atoms with E-state index in [0.29, 0.717) is 18.1 Å². The minimum Gasteiger partial charge on any atom is -0.497 e. The molecule has 0 fully saturated rings. The van der Waals surface area contributed by atoms with Gasteiger partial charge in [0.1, 0.15) is 5.75 Å². The number of fused-ring (bicyclic) bond motifs is 1. The van der Waals surface area contributed by atoms with E-state index < -0.39 is 0 Å². The molecular formula is C19H19N3O2. The number of benzene rings is 2. The number of methoxy groups -OCH3 is 1. The van der Waals surface area contributed by atoms with Crippen LogP contribution in [0.25, 0.3) is 0 Å². The Morgan fingerprint density at radius 2 is 1.92 bits per heavy atom. The van der Waals surface area contributed by atoms with E-state index in [1.165, 1.54) is 11.1 Å². The van der Waals surface area contributed by atoms with E-state index in [-0.39, 0.29) is 6.04 Å². The molecule has 2 heterocycles. The van der Waals surface area contributed by atoms with E-state index in [1.54, 1.807) is 7.11 Å². The van der Waals surface area contributed by atoms with Crippen molar-refractivity contribution < 1.29 is 9.26 Å². The molecule has 0 saturated carbocycles. The Labute approximate surface area is 140 Å². The van der Waals surface area contributed by atoms with Crippen LogP contribution in [0.1, 0.15) is 34.4 Å². The lowest BCUT2D eigenvalue weighted by molar-refractivity contribution is 0.319. The molecule has 1 aliphatic rings. The van der Waals surface area contributed by atoms with Crippen molar-refractivity contribution in [3.05, 3.63) is 76.9 Å². The lowest BCUT2D eigenvalue weighted by Crippen LogP contribution is -2.28. The summed E-state index contributed by atoms with van der Waals surface area (Å²) in [5.41, 5.74) is 3.81. The molecule has 0 radical (unpaired) electrons. The maximum absolute atomic E-state index is 5.49. The first kappa shape index (κ1) is 14.9. The summed E-state index contributed by atoms with van der Waals surface area (Å²) in [5.74, 6) is 2.21. The number of hydrogen-bond acceptors (Lipinski definition) is 5. The summed E-state index contributed by atoms with van der Waals surface area (Å²) in [5, 5.41) is 7.60. The molecule has 1 aliphatic heterocycles. The van der Waals surface area contributed by atoms with E-state index >= 15 is 0 Å². The first-order valence-electron chi connectivity index (χ1n) is 8.07. The second-order valence-corrected chi connectivity index (χ2v) is 5.98. The van der Waals surface area contributed by atoms with E-state index in [1.807, 2.05) is 24.3 Å². The fourth-order valence-electron chi connectivity index (χ4n) is 3.04. The molecule has 5 nitrogen and oxygen atoms in total. The third-order valence-corrected chi connectivity index (χ3v) is 4.38. The first-order valence-corrected chi connectivity index (χ1v) is 8.07. The molecule has 5 heteroatoms. The fourth-order valence-corrected chi connectivity index (χ4v) is 3.04. The third kappa shape index (κ3) is 3.03. The van der Waals surface area contributed by atoms with Crippen LogP contribution in [0, 0.1) is 0 Å². The Kier molecular flexibility index (Phi) is 4.01. The van der Waals surface area contributed by atoms with Crippen LogP contribution in [0.15, 0.2) is 53.1 Å². The monoisotopic (exact) mass is 321 g/mol. The minimum atomic E-state index is 0.0806. The lowest BCUT2D eigenvalue weighted by Gasteiger charge is -2.23. The quantitative estimate of drug-likeness (QED) is 0.800. The van der Waals surface area contributed by atoms with Gasteiger partial charge >= 0.3 is 0 Å². The number of hydrogen-bond donors (Lipinski definition) is 1. The predicted molar refractivity (Wildman–Crippen MR) is 89.8 cm³/mol. The average Bonchev–Trinajstić information content (AvgIpc) is 3.10. The van der Waals surface area contributed by atoms with Crippen molar-refractivity contribution in [3.8, 4) is 5.75 Å². The minimum absolute atomic E-state index is 0.0806. The molecule has 24 heavy (non-hydrogen) atoms. The molecule has 2 aromatic carbocycles. The number of rotatable bonds is 4. The molecule has 0 spiro atoms. The molecule has 1 atom stereocenters. The molecule has 0 amide bonds. The van der Waals surface area contributed by atoms with Crippen LogP contribution in [0.3, 0.4) is 0 Å². The second kappa shape index (κ2) is 6.45. The zero-order valence-electron chi connectivity index (χ0n) is 13.5. The summed E-state index contributed by atoms with van der Waals surface area (Å²) in [6, 6.07) is 16.5. The largest absolute Gasteiger partial charge is 0.497 e. The molecule has 0 saturated heterocycles. The van der Waals surface area contributed by atoms with Gasteiger partial charge in [-0.15, -0.1) is 0 Å². The summed E-state index contributed by atoms with van der Waals surface area (Å²) in [4.78, 5) is 4.57. The maximum Gasteiger partial charge on any atom is 0.244 e. The molecule has 122 valence electrons. The highest BCUT2D eigenvalue weighted by atomic mass is 16.5. The van der Waals surface area contributed by atoms with Crippen molar-refractivity contribution in [1.29, 1.82) is 0 Å². The zero-order valence-corrected chi connectivity index (χ0v) is 13.5. The highest BCUT2D eigenvalue weighted by Gasteiger charge is 2.24. The highest BCUT2D eigenvalue weighted by molar-refractivity contribution is 5.31. The van der Waals surface area contributed by atoms with Gasteiger partial charge < -0.3 is 14.6 Å². The number of nitrogens with zero attached hydrogens (tertiary/aromatic N) is 2. The van der Waals surface area contributed by atoms with Gasteiger partial charge in [-0.2, -0.15) is 4.98 Å². The van der Waals surface area contributed by atoms with Crippen molar-refractivity contribution in [3.63, 3.8) is 0 Å². The molecule has 0 bridgehead atoms. The predicted octanol–water partition coefficient (Wildman–Crippen LogP) is 3.06. The van der Waals surface area contributed by atoms with Crippen LogP contribution in [0.2, 0.25) is 0 Å². The van der Waals surface area contributed by atoms with E-state index in [4.69, 9.17) is 9.26 Å². The summed E-state index contributed by atoms with van der Waals surface area (Å²) in [6.07, 6.45) is 1.52. The van der Waals surface area contributed by atoms with Crippen LogP contribution < -0.4 is 10.1 Å². The van der Waals surface area contributed by atoms with Gasteiger partial charge in [0.15, 0.2) is 5.82 Å². The van der Waals surface area contributed by atoms with Gasteiger partial charge in [0.2, 0.25) is 5.89 Å². The van der Waals surface area contributed by atoms with Gasteiger partial charge in [-0.3, -0.25) is 0 Å². The van der Waals surface area contributed by atoms with Gasteiger partial charge in [0.25, 0.3) is 0 Å². The van der Waals surface area contributed by atoms with Gasteiger partial charge in [0, 0.05) is 13.0 Å². The van der Waals surface area contributed by atoms with E-state index in [2.05, 4.69) is 39.7 Å². The summed E-state index contributed by atoms with van der Waals surface area (Å²) >= 11 is 0. The average molecular weight is 321 g/mol. The smallest absolute Gasteiger partial charge is 0.244 e. The SMILES string of the molecule is COc1ccc(Cc2noc([C@H]3Cc4ccccc4CN3)n2)cc1. The van der Waals surface area contributed by atoms with E-state index in [9.17, 15) is 0 Å². The molecule has 1 aromatic heterocycles. The second-order valence-electron chi connectivity index (χ2n) is 5.98. The molecule has 0 aliphatic carbocycles. The Morgan fingerprint density at radius 1 is 1.12 bits per heavy atom. The number of aromatic nitrogens is 2. The van der Waals surface area contributed by atoms with Crippen LogP contribution in [-0.4, -0.2) is 17.3 Å². The Hall–Kier alpha value is -2.66. The normalized spacial score (nSPS) is 16.6. The number of ether oxygens (including phenoxy) is 1. The fraction of sp³-hybridized carbons (Fsp3) is 0.263. The standard InChI is InChI=1S/C19H19N3O2/c1-23-16-8-6-13(7-9-16)10-18-21-19(24-22-18)17-11-14-4-2-3-5-15(14)12-20-17/h2-9,17,20H,10-12H2,1H3/t17-/m1/s1. The molecule has 0 unspecified atom stereocenters. The van der Waals surface area contributed by atoms with Gasteiger partial charge in [-0.1, -0.05) is 41.6 Å². The highest BCUT2D eigenvalue weighted by Crippen LogP contribution is 2.25. The van der Waals surface area contributed by atoms with Crippen molar-refractivity contribution in [2.75, 3.05) is 7.11 Å². The number of nitrogens with one attached hydrogen (secondary N) is 1. The van der Waals surface area contributed by atoms with Gasteiger partial charge in [-0.25, -0.2) is 0 Å².